The lowest BCUT2D eigenvalue weighted by atomic mass is 9.49. The maximum atomic E-state index is 13.3. The lowest BCUT2D eigenvalue weighted by Gasteiger charge is -2.56. The average molecular weight is 345 g/mol. The van der Waals surface area contributed by atoms with Gasteiger partial charge in [-0.1, -0.05) is 5.16 Å². The van der Waals surface area contributed by atoms with Crippen molar-refractivity contribution in [2.45, 2.75) is 52.4 Å². The van der Waals surface area contributed by atoms with Gasteiger partial charge >= 0.3 is 0 Å². The largest absolute Gasteiger partial charge is 0.360 e. The van der Waals surface area contributed by atoms with E-state index in [4.69, 9.17) is 4.52 Å². The number of carbonyl (C=O) groups is 2. The van der Waals surface area contributed by atoms with Crippen LogP contribution in [0.2, 0.25) is 0 Å². The van der Waals surface area contributed by atoms with Crippen LogP contribution >= 0.6 is 0 Å². The molecule has 1 aromatic rings. The number of aromatic nitrogens is 1. The van der Waals surface area contributed by atoms with Crippen LogP contribution in [-0.4, -0.2) is 35.0 Å². The molecule has 0 aromatic carbocycles. The van der Waals surface area contributed by atoms with Gasteiger partial charge in [0.2, 0.25) is 11.8 Å². The van der Waals surface area contributed by atoms with E-state index in [0.29, 0.717) is 18.1 Å². The SMILES string of the molecule is CCN(CC(=O)Nc1cc(C)on1)C(=O)C12CC3CC(CC(C3)C1)C2. The maximum Gasteiger partial charge on any atom is 0.245 e. The highest BCUT2D eigenvalue weighted by Crippen LogP contribution is 2.60. The molecule has 6 nitrogen and oxygen atoms in total. The normalized spacial score (nSPS) is 32.6. The van der Waals surface area contributed by atoms with Crippen LogP contribution in [0.1, 0.15) is 51.2 Å². The monoisotopic (exact) mass is 345 g/mol. The van der Waals surface area contributed by atoms with Crippen LogP contribution in [0.4, 0.5) is 5.82 Å². The highest BCUT2D eigenvalue weighted by molar-refractivity contribution is 5.94. The van der Waals surface area contributed by atoms with Crippen LogP contribution in [0, 0.1) is 30.1 Å². The van der Waals surface area contributed by atoms with Crippen molar-refractivity contribution in [3.05, 3.63) is 11.8 Å². The predicted molar refractivity (Wildman–Crippen MR) is 92.7 cm³/mol. The molecule has 5 rings (SSSR count). The highest BCUT2D eigenvalue weighted by atomic mass is 16.5. The fourth-order valence-electron chi connectivity index (χ4n) is 5.82. The third-order valence-corrected chi connectivity index (χ3v) is 6.39. The van der Waals surface area contributed by atoms with Crippen LogP contribution in [0.25, 0.3) is 0 Å². The smallest absolute Gasteiger partial charge is 0.245 e. The van der Waals surface area contributed by atoms with Crippen LogP contribution in [0.15, 0.2) is 10.6 Å². The van der Waals surface area contributed by atoms with Gasteiger partial charge in [-0.15, -0.1) is 0 Å². The van der Waals surface area contributed by atoms with Gasteiger partial charge in [-0.25, -0.2) is 0 Å². The second-order valence-electron chi connectivity index (χ2n) is 8.39. The summed E-state index contributed by atoms with van der Waals surface area (Å²) in [5.74, 6) is 3.20. The van der Waals surface area contributed by atoms with Gasteiger partial charge in [0.15, 0.2) is 5.82 Å². The molecule has 25 heavy (non-hydrogen) atoms. The van der Waals surface area contributed by atoms with Gasteiger partial charge in [0.05, 0.1) is 12.0 Å². The molecule has 136 valence electrons. The van der Waals surface area contributed by atoms with E-state index in [1.807, 2.05) is 6.92 Å². The minimum atomic E-state index is -0.215. The Morgan fingerprint density at radius 1 is 1.24 bits per heavy atom. The minimum Gasteiger partial charge on any atom is -0.360 e. The van der Waals surface area contributed by atoms with E-state index >= 15 is 0 Å². The maximum absolute atomic E-state index is 13.3. The Labute approximate surface area is 148 Å². The Balaban J connectivity index is 1.43. The summed E-state index contributed by atoms with van der Waals surface area (Å²) in [7, 11) is 0. The van der Waals surface area contributed by atoms with E-state index < -0.39 is 0 Å². The number of aryl methyl sites for hydroxylation is 1. The van der Waals surface area contributed by atoms with Crippen molar-refractivity contribution in [1.29, 1.82) is 0 Å². The number of hydrogen-bond donors (Lipinski definition) is 1. The van der Waals surface area contributed by atoms with Crippen LogP contribution < -0.4 is 5.32 Å². The summed E-state index contributed by atoms with van der Waals surface area (Å²) in [6.45, 7) is 4.37. The molecular weight excluding hydrogens is 318 g/mol. The Morgan fingerprint density at radius 2 is 1.84 bits per heavy atom. The van der Waals surface area contributed by atoms with Gasteiger partial charge in [0.25, 0.3) is 0 Å². The number of rotatable bonds is 5. The summed E-state index contributed by atoms with van der Waals surface area (Å²) < 4.78 is 4.96. The molecule has 0 spiro atoms. The predicted octanol–water partition coefficient (Wildman–Crippen LogP) is 2.99. The zero-order valence-corrected chi connectivity index (χ0v) is 15.1. The van der Waals surface area contributed by atoms with Crippen molar-refractivity contribution in [2.75, 3.05) is 18.4 Å². The number of nitrogens with zero attached hydrogens (tertiary/aromatic N) is 2. The van der Waals surface area contributed by atoms with Crippen molar-refractivity contribution in [1.82, 2.24) is 10.1 Å². The summed E-state index contributed by atoms with van der Waals surface area (Å²) >= 11 is 0. The minimum absolute atomic E-state index is 0.0863. The van der Waals surface area contributed by atoms with E-state index in [0.717, 1.165) is 37.0 Å². The molecule has 4 aliphatic carbocycles. The molecule has 2 amide bonds. The first-order chi connectivity index (χ1) is 12.0. The van der Waals surface area contributed by atoms with Gasteiger partial charge in [-0.05, 0) is 70.1 Å². The number of carbonyl (C=O) groups excluding carboxylic acids is 2. The van der Waals surface area contributed by atoms with Crippen molar-refractivity contribution >= 4 is 17.6 Å². The van der Waals surface area contributed by atoms with Crippen LogP contribution in [-0.2, 0) is 9.59 Å². The van der Waals surface area contributed by atoms with E-state index in [-0.39, 0.29) is 23.8 Å². The third-order valence-electron chi connectivity index (χ3n) is 6.39. The molecule has 1 aromatic heterocycles. The van der Waals surface area contributed by atoms with E-state index in [1.54, 1.807) is 17.9 Å². The summed E-state index contributed by atoms with van der Waals surface area (Å²) in [6, 6.07) is 1.68. The molecule has 1 heterocycles. The van der Waals surface area contributed by atoms with Crippen molar-refractivity contribution in [3.8, 4) is 0 Å². The van der Waals surface area contributed by atoms with Crippen LogP contribution in [0.3, 0.4) is 0 Å². The first kappa shape index (κ1) is 16.6. The molecule has 0 unspecified atom stereocenters. The Hall–Kier alpha value is -1.85. The lowest BCUT2D eigenvalue weighted by Crippen LogP contribution is -2.55. The number of anilines is 1. The van der Waals surface area contributed by atoms with Gasteiger partial charge in [0.1, 0.15) is 5.76 Å². The average Bonchev–Trinajstić information content (AvgIpc) is 2.95. The van der Waals surface area contributed by atoms with E-state index in [2.05, 4.69) is 10.5 Å². The van der Waals surface area contributed by atoms with E-state index in [1.165, 1.54) is 19.3 Å². The lowest BCUT2D eigenvalue weighted by molar-refractivity contribution is -0.158. The molecule has 6 heteroatoms. The first-order valence-corrected chi connectivity index (χ1v) is 9.50. The first-order valence-electron chi connectivity index (χ1n) is 9.50. The molecule has 0 atom stereocenters. The summed E-state index contributed by atoms with van der Waals surface area (Å²) in [5, 5.41) is 6.50. The van der Waals surface area contributed by atoms with E-state index in [9.17, 15) is 9.59 Å². The molecule has 4 aliphatic rings. The Bertz CT molecular complexity index is 646. The standard InChI is InChI=1S/C19H27N3O3/c1-3-22(11-17(23)20-16-4-12(2)25-21-16)18(24)19-8-13-5-14(9-19)7-15(6-13)10-19/h4,13-15H,3,5-11H2,1-2H3,(H,20,21,23). The number of nitrogens with one attached hydrogen (secondary N) is 1. The summed E-state index contributed by atoms with van der Waals surface area (Å²) in [4.78, 5) is 27.4. The molecule has 4 saturated carbocycles. The van der Waals surface area contributed by atoms with Crippen molar-refractivity contribution in [2.24, 2.45) is 23.2 Å². The fourth-order valence-corrected chi connectivity index (χ4v) is 5.82. The number of amides is 2. The van der Waals surface area contributed by atoms with Gasteiger partial charge in [0, 0.05) is 12.6 Å². The molecule has 0 radical (unpaired) electrons. The Morgan fingerprint density at radius 3 is 2.32 bits per heavy atom. The zero-order chi connectivity index (χ0) is 17.6. The quantitative estimate of drug-likeness (QED) is 0.890. The van der Waals surface area contributed by atoms with Crippen LogP contribution in [0.5, 0.6) is 0 Å². The van der Waals surface area contributed by atoms with Gasteiger partial charge in [-0.3, -0.25) is 9.59 Å². The molecule has 0 saturated heterocycles. The molecular formula is C19H27N3O3. The van der Waals surface area contributed by atoms with Crippen molar-refractivity contribution in [3.63, 3.8) is 0 Å². The fraction of sp³-hybridized carbons (Fsp3) is 0.737. The molecule has 0 aliphatic heterocycles. The Kier molecular flexibility index (Phi) is 4.08. The van der Waals surface area contributed by atoms with Crippen molar-refractivity contribution < 1.29 is 14.1 Å². The number of hydrogen-bond acceptors (Lipinski definition) is 4. The second kappa shape index (κ2) is 6.15. The van der Waals surface area contributed by atoms with Gasteiger partial charge < -0.3 is 14.7 Å². The number of likely N-dealkylation sites (N-methyl/N-ethyl adjacent to an activating group) is 1. The summed E-state index contributed by atoms with van der Waals surface area (Å²) in [6.07, 6.45) is 7.01. The second-order valence-corrected chi connectivity index (χ2v) is 8.39. The van der Waals surface area contributed by atoms with Gasteiger partial charge in [-0.2, -0.15) is 0 Å². The summed E-state index contributed by atoms with van der Waals surface area (Å²) in [5.41, 5.74) is -0.199. The zero-order valence-electron chi connectivity index (χ0n) is 15.1. The molecule has 4 fully saturated rings. The topological polar surface area (TPSA) is 75.4 Å². The third kappa shape index (κ3) is 3.07. The molecule has 1 N–H and O–H groups in total. The molecule has 4 bridgehead atoms. The highest BCUT2D eigenvalue weighted by Gasteiger charge is 2.55.